The lowest BCUT2D eigenvalue weighted by Gasteiger charge is -2.35. The van der Waals surface area contributed by atoms with E-state index in [-0.39, 0.29) is 35.9 Å². The second kappa shape index (κ2) is 17.9. The first-order valence-corrected chi connectivity index (χ1v) is 15.7. The van der Waals surface area contributed by atoms with Crippen LogP contribution in [0.1, 0.15) is 64.4 Å². The maximum atomic E-state index is 14.1. The van der Waals surface area contributed by atoms with Gasteiger partial charge in [0.15, 0.2) is 0 Å². The van der Waals surface area contributed by atoms with Crippen LogP contribution in [0.4, 0.5) is 4.39 Å². The average molecular weight is 605 g/mol. The lowest BCUT2D eigenvalue weighted by atomic mass is 9.83. The molecule has 1 aliphatic carbocycles. The number of nitrogens with one attached hydrogen (secondary N) is 4. The molecular formula is C31H49FN6O5. The fourth-order valence-electron chi connectivity index (χ4n) is 5.87. The molecule has 0 spiro atoms. The van der Waals surface area contributed by atoms with Crippen molar-refractivity contribution in [1.82, 2.24) is 26.2 Å². The third kappa shape index (κ3) is 10.5. The number of amides is 4. The summed E-state index contributed by atoms with van der Waals surface area (Å²) in [5.74, 6) is -1.70. The second-order valence-electron chi connectivity index (χ2n) is 11.4. The van der Waals surface area contributed by atoms with Crippen molar-refractivity contribution in [3.05, 3.63) is 35.6 Å². The summed E-state index contributed by atoms with van der Waals surface area (Å²) in [5, 5.41) is 11.7. The van der Waals surface area contributed by atoms with E-state index in [0.29, 0.717) is 57.8 Å². The first kappa shape index (κ1) is 34.4. The van der Waals surface area contributed by atoms with Crippen molar-refractivity contribution in [2.45, 2.75) is 89.4 Å². The first-order chi connectivity index (χ1) is 20.7. The number of nitrogens with zero attached hydrogens (tertiary/aromatic N) is 1. The number of hydrogen-bond acceptors (Lipinski definition) is 7. The van der Waals surface area contributed by atoms with E-state index in [9.17, 15) is 23.6 Å². The van der Waals surface area contributed by atoms with Crippen LogP contribution in [0.25, 0.3) is 0 Å². The minimum atomic E-state index is -0.884. The van der Waals surface area contributed by atoms with E-state index >= 15 is 0 Å². The Kier molecular flexibility index (Phi) is 14.3. The van der Waals surface area contributed by atoms with E-state index in [1.165, 1.54) is 12.1 Å². The quantitative estimate of drug-likeness (QED) is 0.176. The van der Waals surface area contributed by atoms with Crippen LogP contribution in [0.15, 0.2) is 24.3 Å². The molecule has 1 aromatic rings. The van der Waals surface area contributed by atoms with Crippen LogP contribution < -0.4 is 27.0 Å². The molecular weight excluding hydrogens is 555 g/mol. The number of hydrogen-bond donors (Lipinski definition) is 5. The number of rotatable bonds is 16. The molecule has 0 radical (unpaired) electrons. The lowest BCUT2D eigenvalue weighted by Crippen LogP contribution is -2.59. The summed E-state index contributed by atoms with van der Waals surface area (Å²) in [6.45, 7) is 6.08. The lowest BCUT2D eigenvalue weighted by molar-refractivity contribution is -0.143. The molecule has 240 valence electrons. The molecule has 1 saturated heterocycles. The van der Waals surface area contributed by atoms with Gasteiger partial charge in [0.25, 0.3) is 0 Å². The topological polar surface area (TPSA) is 155 Å². The fraction of sp³-hybridized carbons (Fsp3) is 0.677. The molecule has 2 aliphatic rings. The summed E-state index contributed by atoms with van der Waals surface area (Å²) >= 11 is 0. The molecule has 11 nitrogen and oxygen atoms in total. The van der Waals surface area contributed by atoms with Crippen LogP contribution >= 0.6 is 0 Å². The van der Waals surface area contributed by atoms with E-state index in [2.05, 4.69) is 21.3 Å². The molecule has 1 saturated carbocycles. The molecule has 4 amide bonds. The minimum absolute atomic E-state index is 0.0174. The molecule has 4 atom stereocenters. The van der Waals surface area contributed by atoms with Crippen molar-refractivity contribution in [1.29, 1.82) is 0 Å². The van der Waals surface area contributed by atoms with Crippen molar-refractivity contribution < 1.29 is 28.3 Å². The summed E-state index contributed by atoms with van der Waals surface area (Å²) in [6, 6.07) is 2.88. The van der Waals surface area contributed by atoms with E-state index in [4.69, 9.17) is 10.5 Å². The molecule has 0 aromatic heterocycles. The number of nitrogens with two attached hydrogens (primary N) is 1. The van der Waals surface area contributed by atoms with Crippen LogP contribution in [0.2, 0.25) is 0 Å². The predicted molar refractivity (Wildman–Crippen MR) is 161 cm³/mol. The van der Waals surface area contributed by atoms with Gasteiger partial charge in [0.2, 0.25) is 23.6 Å². The molecule has 2 fully saturated rings. The highest BCUT2D eigenvalue weighted by atomic mass is 19.1. The molecule has 0 unspecified atom stereocenters. The smallest absolute Gasteiger partial charge is 0.246 e. The van der Waals surface area contributed by atoms with E-state index in [1.807, 2.05) is 0 Å². The number of halogens is 1. The van der Waals surface area contributed by atoms with Gasteiger partial charge in [0.1, 0.15) is 23.9 Å². The van der Waals surface area contributed by atoms with Gasteiger partial charge in [0.05, 0.1) is 19.3 Å². The van der Waals surface area contributed by atoms with Gasteiger partial charge in [-0.15, -0.1) is 0 Å². The van der Waals surface area contributed by atoms with Gasteiger partial charge in [-0.05, 0) is 63.1 Å². The van der Waals surface area contributed by atoms with Crippen LogP contribution in [-0.4, -0.2) is 92.1 Å². The zero-order chi connectivity index (χ0) is 31.2. The predicted octanol–water partition coefficient (Wildman–Crippen LogP) is 0.999. The van der Waals surface area contributed by atoms with Gasteiger partial charge in [0, 0.05) is 32.6 Å². The highest BCUT2D eigenvalue weighted by molar-refractivity contribution is 5.95. The summed E-state index contributed by atoms with van der Waals surface area (Å²) in [6.07, 6.45) is 6.00. The number of carbonyl (C=O) groups is 4. The average Bonchev–Trinajstić information content (AvgIpc) is 3.51. The summed E-state index contributed by atoms with van der Waals surface area (Å²) in [4.78, 5) is 55.2. The second-order valence-corrected chi connectivity index (χ2v) is 11.4. The zero-order valence-electron chi connectivity index (χ0n) is 25.5. The molecule has 12 heteroatoms. The maximum Gasteiger partial charge on any atom is 0.246 e. The zero-order valence-corrected chi connectivity index (χ0v) is 25.5. The third-order valence-corrected chi connectivity index (χ3v) is 8.21. The van der Waals surface area contributed by atoms with Crippen LogP contribution in [-0.2, 0) is 30.3 Å². The van der Waals surface area contributed by atoms with Crippen LogP contribution in [0.3, 0.4) is 0 Å². The summed E-state index contributed by atoms with van der Waals surface area (Å²) in [5.41, 5.74) is 6.14. The Morgan fingerprint density at radius 2 is 1.72 bits per heavy atom. The molecule has 1 aromatic carbocycles. The van der Waals surface area contributed by atoms with Crippen molar-refractivity contribution in [2.24, 2.45) is 11.7 Å². The number of ether oxygens (including phenoxy) is 1. The largest absolute Gasteiger partial charge is 0.379 e. The Morgan fingerprint density at radius 3 is 2.40 bits per heavy atom. The van der Waals surface area contributed by atoms with Crippen LogP contribution in [0.5, 0.6) is 0 Å². The highest BCUT2D eigenvalue weighted by Gasteiger charge is 2.41. The first-order valence-electron chi connectivity index (χ1n) is 15.7. The van der Waals surface area contributed by atoms with Crippen molar-refractivity contribution in [3.63, 3.8) is 0 Å². The standard InChI is InChI=1S/C31H49FN6O5/c1-3-34-29(40)25(20-22-11-13-24(32)14-12-22)36-30(41)26-10-7-17-38(26)31(42)27(23-8-5-4-6-9-23)37-28(39)21(2)35-16-19-43-18-15-33/h11-14,21,23,25-27,35H,3-10,15-20,33H2,1-2H3,(H,34,40)(H,36,41)(H,37,39)/t21-,25-,26-,27-/m0/s1. The number of carbonyl (C=O) groups excluding carboxylic acids is 4. The van der Waals surface area contributed by atoms with Gasteiger partial charge in [-0.1, -0.05) is 31.4 Å². The summed E-state index contributed by atoms with van der Waals surface area (Å²) < 4.78 is 18.8. The highest BCUT2D eigenvalue weighted by Crippen LogP contribution is 2.29. The Labute approximate surface area is 254 Å². The Balaban J connectivity index is 1.70. The minimum Gasteiger partial charge on any atom is -0.379 e. The van der Waals surface area contributed by atoms with Gasteiger partial charge in [-0.2, -0.15) is 0 Å². The molecule has 0 bridgehead atoms. The Hall–Kier alpha value is -3.09. The monoisotopic (exact) mass is 604 g/mol. The van der Waals surface area contributed by atoms with Crippen LogP contribution in [0, 0.1) is 11.7 Å². The van der Waals surface area contributed by atoms with Crippen molar-refractivity contribution in [2.75, 3.05) is 39.4 Å². The number of likely N-dealkylation sites (N-methyl/N-ethyl adjacent to an activating group) is 1. The summed E-state index contributed by atoms with van der Waals surface area (Å²) in [7, 11) is 0. The SMILES string of the molecule is CCNC(=O)[C@H](Cc1ccc(F)cc1)NC(=O)[C@@H]1CCCN1C(=O)[C@@H](NC(=O)[C@H](C)NCCOCCN)C1CCCCC1. The molecule has 6 N–H and O–H groups in total. The number of benzene rings is 1. The van der Waals surface area contributed by atoms with E-state index < -0.39 is 30.1 Å². The third-order valence-electron chi connectivity index (χ3n) is 8.21. The molecule has 1 aliphatic heterocycles. The van der Waals surface area contributed by atoms with Gasteiger partial charge >= 0.3 is 0 Å². The van der Waals surface area contributed by atoms with E-state index in [0.717, 1.165) is 32.1 Å². The Morgan fingerprint density at radius 1 is 1.00 bits per heavy atom. The van der Waals surface area contributed by atoms with E-state index in [1.54, 1.807) is 30.9 Å². The van der Waals surface area contributed by atoms with Gasteiger partial charge < -0.3 is 36.6 Å². The van der Waals surface area contributed by atoms with Crippen molar-refractivity contribution >= 4 is 23.6 Å². The maximum absolute atomic E-state index is 14.1. The normalized spacial score (nSPS) is 19.3. The molecule has 3 rings (SSSR count). The number of likely N-dealkylation sites (tertiary alicyclic amines) is 1. The molecule has 1 heterocycles. The Bertz CT molecular complexity index is 1050. The molecule has 43 heavy (non-hydrogen) atoms. The van der Waals surface area contributed by atoms with Gasteiger partial charge in [-0.25, -0.2) is 4.39 Å². The van der Waals surface area contributed by atoms with Gasteiger partial charge in [-0.3, -0.25) is 19.2 Å². The fourth-order valence-corrected chi connectivity index (χ4v) is 5.87. The van der Waals surface area contributed by atoms with Crippen molar-refractivity contribution in [3.8, 4) is 0 Å².